The Bertz CT molecular complexity index is 1310. The Kier molecular flexibility index (Phi) is 7.46. The van der Waals surface area contributed by atoms with Crippen LogP contribution in [0.4, 0.5) is 0 Å². The molecule has 198 valence electrons. The lowest BCUT2D eigenvalue weighted by Gasteiger charge is -2.28. The molecule has 9 nitrogen and oxygen atoms in total. The Morgan fingerprint density at radius 2 is 2.08 bits per heavy atom. The third kappa shape index (κ3) is 5.49. The smallest absolute Gasteiger partial charge is 0.326 e. The number of nitrogens with zero attached hydrogens (tertiary/aromatic N) is 3. The van der Waals surface area contributed by atoms with Crippen LogP contribution in [0.3, 0.4) is 0 Å². The first-order valence-electron chi connectivity index (χ1n) is 13.2. The van der Waals surface area contributed by atoms with Crippen molar-refractivity contribution in [3.8, 4) is 11.4 Å². The molecule has 2 aliphatic rings. The van der Waals surface area contributed by atoms with Crippen LogP contribution in [-0.2, 0) is 34.4 Å². The van der Waals surface area contributed by atoms with Crippen LogP contribution in [0.2, 0.25) is 0 Å². The lowest BCUT2D eigenvalue weighted by molar-refractivity contribution is -0.158. The van der Waals surface area contributed by atoms with Gasteiger partial charge in [-0.25, -0.2) is 4.98 Å². The molecule has 1 saturated carbocycles. The van der Waals surface area contributed by atoms with Gasteiger partial charge in [0.2, 0.25) is 0 Å². The number of imidazole rings is 1. The molecule has 9 heteroatoms. The Hall–Kier alpha value is -3.01. The summed E-state index contributed by atoms with van der Waals surface area (Å²) >= 11 is 0. The highest BCUT2D eigenvalue weighted by Gasteiger charge is 2.30. The number of benzene rings is 1. The van der Waals surface area contributed by atoms with Gasteiger partial charge in [0.05, 0.1) is 29.8 Å². The maximum atomic E-state index is 12.6. The minimum atomic E-state index is -0.874. The number of ether oxygens (including phenoxy) is 2. The first kappa shape index (κ1) is 25.6. The van der Waals surface area contributed by atoms with Crippen LogP contribution in [0.1, 0.15) is 50.2 Å². The zero-order valence-electron chi connectivity index (χ0n) is 21.8. The number of carbonyl (C=O) groups is 1. The van der Waals surface area contributed by atoms with E-state index in [-0.39, 0.29) is 17.8 Å². The monoisotopic (exact) mass is 508 g/mol. The van der Waals surface area contributed by atoms with Gasteiger partial charge in [0, 0.05) is 37.5 Å². The molecule has 0 amide bonds. The molecule has 2 aromatic heterocycles. The number of aryl methyl sites for hydroxylation is 2. The number of esters is 1. The minimum absolute atomic E-state index is 0.0256. The molecular formula is C28H36N4O5. The molecule has 5 rings (SSSR count). The summed E-state index contributed by atoms with van der Waals surface area (Å²) in [4.78, 5) is 29.8. The molecule has 0 spiro atoms. The van der Waals surface area contributed by atoms with E-state index in [0.29, 0.717) is 18.7 Å². The fraction of sp³-hybridized carbons (Fsp3) is 0.536. The van der Waals surface area contributed by atoms with Gasteiger partial charge in [0.15, 0.2) is 0 Å². The van der Waals surface area contributed by atoms with Crippen molar-refractivity contribution >= 4 is 17.0 Å². The number of aromatic nitrogens is 3. The number of nitrogens with one attached hydrogen (secondary N) is 1. The summed E-state index contributed by atoms with van der Waals surface area (Å²) in [6, 6.07) is 7.14. The minimum Gasteiger partial charge on any atom is -0.461 e. The molecule has 37 heavy (non-hydrogen) atoms. The Balaban J connectivity index is 1.43. The van der Waals surface area contributed by atoms with Crippen molar-refractivity contribution in [3.63, 3.8) is 0 Å². The predicted molar refractivity (Wildman–Crippen MR) is 140 cm³/mol. The van der Waals surface area contributed by atoms with Crippen molar-refractivity contribution in [2.75, 3.05) is 6.61 Å². The van der Waals surface area contributed by atoms with Gasteiger partial charge in [-0.3, -0.25) is 14.9 Å². The van der Waals surface area contributed by atoms with Crippen LogP contribution < -0.4 is 10.9 Å². The molecule has 1 aromatic carbocycles. The number of rotatable bonds is 9. The number of fused-ring (bicyclic) bond motifs is 1. The lowest BCUT2D eigenvalue weighted by atomic mass is 9.96. The van der Waals surface area contributed by atoms with Crippen LogP contribution in [-0.4, -0.2) is 56.2 Å². The Labute approximate surface area is 216 Å². The quantitative estimate of drug-likeness (QED) is 0.428. The van der Waals surface area contributed by atoms with E-state index in [9.17, 15) is 14.7 Å². The largest absolute Gasteiger partial charge is 0.461 e. The summed E-state index contributed by atoms with van der Waals surface area (Å²) in [6.45, 7) is 5.25. The molecule has 1 aliphatic carbocycles. The third-order valence-electron chi connectivity index (χ3n) is 7.44. The number of aliphatic hydroxyl groups excluding tert-OH is 1. The molecule has 3 unspecified atom stereocenters. The van der Waals surface area contributed by atoms with Gasteiger partial charge >= 0.3 is 5.97 Å². The summed E-state index contributed by atoms with van der Waals surface area (Å²) in [5.74, 6) is 0.384. The van der Waals surface area contributed by atoms with E-state index < -0.39 is 18.1 Å². The van der Waals surface area contributed by atoms with Crippen LogP contribution in [0.15, 0.2) is 35.3 Å². The number of hydrogen-bond acceptors (Lipinski definition) is 7. The maximum Gasteiger partial charge on any atom is 0.326 e. The Morgan fingerprint density at radius 1 is 1.27 bits per heavy atom. The fourth-order valence-electron chi connectivity index (χ4n) is 5.09. The van der Waals surface area contributed by atoms with E-state index in [4.69, 9.17) is 14.5 Å². The first-order chi connectivity index (χ1) is 17.8. The molecular weight excluding hydrogens is 472 g/mol. The lowest BCUT2D eigenvalue weighted by Crippen LogP contribution is -2.47. The van der Waals surface area contributed by atoms with Crippen molar-refractivity contribution < 1.29 is 19.4 Å². The second kappa shape index (κ2) is 10.8. The van der Waals surface area contributed by atoms with Crippen LogP contribution in [0.5, 0.6) is 0 Å². The first-order valence-corrected chi connectivity index (χ1v) is 13.2. The highest BCUT2D eigenvalue weighted by atomic mass is 16.5. The third-order valence-corrected chi connectivity index (χ3v) is 7.44. The highest BCUT2D eigenvalue weighted by molar-refractivity contribution is 5.81. The Morgan fingerprint density at radius 3 is 2.73 bits per heavy atom. The second-order valence-electron chi connectivity index (χ2n) is 10.4. The van der Waals surface area contributed by atoms with Gasteiger partial charge in [-0.05, 0) is 69.7 Å². The van der Waals surface area contributed by atoms with Crippen molar-refractivity contribution in [2.24, 2.45) is 7.05 Å². The summed E-state index contributed by atoms with van der Waals surface area (Å²) in [5.41, 5.74) is 4.27. The highest BCUT2D eigenvalue weighted by Crippen LogP contribution is 2.28. The van der Waals surface area contributed by atoms with Crippen LogP contribution in [0.25, 0.3) is 22.4 Å². The SMILES string of the molecule is Cc1cc(-c2nc3cc(CNC(C(=O)OC4CCC4)C(C)O)ccc3n2CC2CCCO2)cn(C)c1=O. The molecule has 2 fully saturated rings. The van der Waals surface area contributed by atoms with Crippen molar-refractivity contribution in [1.29, 1.82) is 0 Å². The van der Waals surface area contributed by atoms with Crippen molar-refractivity contribution in [2.45, 2.75) is 83.4 Å². The van der Waals surface area contributed by atoms with E-state index in [1.165, 1.54) is 0 Å². The van der Waals surface area contributed by atoms with Gasteiger partial charge in [-0.1, -0.05) is 6.07 Å². The predicted octanol–water partition coefficient (Wildman–Crippen LogP) is 2.82. The molecule has 0 radical (unpaired) electrons. The molecule has 1 aliphatic heterocycles. The van der Waals surface area contributed by atoms with Crippen molar-refractivity contribution in [1.82, 2.24) is 19.4 Å². The average molecular weight is 509 g/mol. The van der Waals surface area contributed by atoms with Crippen LogP contribution in [0, 0.1) is 6.92 Å². The number of aliphatic hydroxyl groups is 1. The van der Waals surface area contributed by atoms with Gasteiger partial charge in [-0.15, -0.1) is 0 Å². The van der Waals surface area contributed by atoms with E-state index in [0.717, 1.165) is 66.7 Å². The topological polar surface area (TPSA) is 108 Å². The van der Waals surface area contributed by atoms with Gasteiger partial charge in [-0.2, -0.15) is 0 Å². The molecule has 2 N–H and O–H groups in total. The molecule has 3 atom stereocenters. The number of carbonyl (C=O) groups excluding carboxylic acids is 1. The number of hydrogen-bond donors (Lipinski definition) is 2. The molecule has 3 aromatic rings. The average Bonchev–Trinajstić information content (AvgIpc) is 3.47. The molecule has 1 saturated heterocycles. The van der Waals surface area contributed by atoms with Gasteiger partial charge in [0.1, 0.15) is 18.0 Å². The second-order valence-corrected chi connectivity index (χ2v) is 10.4. The zero-order valence-corrected chi connectivity index (χ0v) is 21.8. The normalized spacial score (nSPS) is 19.6. The van der Waals surface area contributed by atoms with Crippen molar-refractivity contribution in [3.05, 3.63) is 51.9 Å². The van der Waals surface area contributed by atoms with Gasteiger partial charge in [0.25, 0.3) is 5.56 Å². The number of pyridine rings is 1. The standard InChI is InChI=1S/C28H36N4O5/c1-17-12-20(15-31(3)27(17)34)26-30-23-13-19(9-10-24(23)32(26)16-22-8-5-11-36-22)14-29-25(18(2)33)28(35)37-21-6-4-7-21/h9-10,12-13,15,18,21-22,25,29,33H,4-8,11,14,16H2,1-3H3. The summed E-state index contributed by atoms with van der Waals surface area (Å²) in [5, 5.41) is 13.4. The molecule has 3 heterocycles. The van der Waals surface area contributed by atoms with E-state index in [1.54, 1.807) is 18.5 Å². The van der Waals surface area contributed by atoms with E-state index in [1.807, 2.05) is 37.4 Å². The van der Waals surface area contributed by atoms with E-state index in [2.05, 4.69) is 9.88 Å². The van der Waals surface area contributed by atoms with E-state index >= 15 is 0 Å². The van der Waals surface area contributed by atoms with Crippen LogP contribution >= 0.6 is 0 Å². The zero-order chi connectivity index (χ0) is 26.1. The summed E-state index contributed by atoms with van der Waals surface area (Å²) in [6.07, 6.45) is 5.96. The summed E-state index contributed by atoms with van der Waals surface area (Å²) in [7, 11) is 1.75. The molecule has 0 bridgehead atoms. The summed E-state index contributed by atoms with van der Waals surface area (Å²) < 4.78 is 15.2. The fourth-order valence-corrected chi connectivity index (χ4v) is 5.09. The van der Waals surface area contributed by atoms with Gasteiger partial charge < -0.3 is 23.7 Å². The maximum absolute atomic E-state index is 12.6.